The van der Waals surface area contributed by atoms with Gasteiger partial charge in [0.1, 0.15) is 0 Å². The second kappa shape index (κ2) is 5.55. The van der Waals surface area contributed by atoms with E-state index in [0.29, 0.717) is 10.9 Å². The van der Waals surface area contributed by atoms with Gasteiger partial charge in [-0.25, -0.2) is 0 Å². The maximum atomic E-state index is 6.23. The minimum Gasteiger partial charge on any atom is -0.311 e. The maximum absolute atomic E-state index is 6.23. The summed E-state index contributed by atoms with van der Waals surface area (Å²) < 4.78 is 1.84. The number of hydrogen-bond donors (Lipinski definition) is 1. The largest absolute Gasteiger partial charge is 0.311 e. The first-order valence-electron chi connectivity index (χ1n) is 6.04. The first-order chi connectivity index (χ1) is 8.65. The molecule has 0 amide bonds. The lowest BCUT2D eigenvalue weighted by Crippen LogP contribution is -2.25. The Hall–Kier alpha value is -1.32. The summed E-state index contributed by atoms with van der Waals surface area (Å²) in [7, 11) is 3.87. The summed E-state index contributed by atoms with van der Waals surface area (Å²) in [6, 6.07) is 10.6. The Morgan fingerprint density at radius 3 is 2.44 bits per heavy atom. The summed E-state index contributed by atoms with van der Waals surface area (Å²) in [6.45, 7) is 2.19. The van der Waals surface area contributed by atoms with Crippen LogP contribution in [0.5, 0.6) is 0 Å². The minimum absolute atomic E-state index is 0.146. The van der Waals surface area contributed by atoms with Gasteiger partial charge in [-0.05, 0) is 12.6 Å². The molecule has 1 aromatic heterocycles. The van der Waals surface area contributed by atoms with E-state index in [1.165, 1.54) is 5.56 Å². The van der Waals surface area contributed by atoms with E-state index in [0.717, 1.165) is 5.69 Å². The van der Waals surface area contributed by atoms with Crippen LogP contribution in [0.3, 0.4) is 0 Å². The number of hydrogen-bond acceptors (Lipinski definition) is 2. The highest BCUT2D eigenvalue weighted by molar-refractivity contribution is 6.31. The number of rotatable bonds is 4. The molecule has 18 heavy (non-hydrogen) atoms. The molecule has 0 radical (unpaired) electrons. The molecule has 2 atom stereocenters. The van der Waals surface area contributed by atoms with Crippen LogP contribution in [0.25, 0.3) is 0 Å². The average Bonchev–Trinajstić information content (AvgIpc) is 2.72. The number of nitrogens with zero attached hydrogens (tertiary/aromatic N) is 2. The molecule has 0 aliphatic heterocycles. The zero-order valence-electron chi connectivity index (χ0n) is 10.9. The standard InChI is InChI=1S/C14H18ClN3/c1-10(11-7-5-4-6-8-11)13(16-2)14-12(15)9-17-18(14)3/h4-10,13,16H,1-3H3. The molecule has 0 bridgehead atoms. The van der Waals surface area contributed by atoms with Crippen molar-refractivity contribution in [2.75, 3.05) is 7.05 Å². The van der Waals surface area contributed by atoms with Crippen LogP contribution in [0.4, 0.5) is 0 Å². The van der Waals surface area contributed by atoms with Crippen molar-refractivity contribution in [1.82, 2.24) is 15.1 Å². The highest BCUT2D eigenvalue weighted by atomic mass is 35.5. The van der Waals surface area contributed by atoms with E-state index >= 15 is 0 Å². The van der Waals surface area contributed by atoms with Crippen LogP contribution in [0.15, 0.2) is 36.5 Å². The van der Waals surface area contributed by atoms with Crippen molar-refractivity contribution in [1.29, 1.82) is 0 Å². The average molecular weight is 264 g/mol. The van der Waals surface area contributed by atoms with Gasteiger partial charge >= 0.3 is 0 Å². The highest BCUT2D eigenvalue weighted by Crippen LogP contribution is 2.33. The summed E-state index contributed by atoms with van der Waals surface area (Å²) in [4.78, 5) is 0. The fraction of sp³-hybridized carbons (Fsp3) is 0.357. The summed E-state index contributed by atoms with van der Waals surface area (Å²) in [5, 5.41) is 8.25. The molecule has 3 nitrogen and oxygen atoms in total. The molecule has 2 aromatic rings. The second-order valence-corrected chi connectivity index (χ2v) is 4.87. The number of likely N-dealkylation sites (N-methyl/N-ethyl adjacent to an activating group) is 1. The Labute approximate surface area is 113 Å². The van der Waals surface area contributed by atoms with Gasteiger partial charge in [-0.1, -0.05) is 48.9 Å². The van der Waals surface area contributed by atoms with Gasteiger partial charge in [-0.2, -0.15) is 5.10 Å². The number of halogens is 1. The smallest absolute Gasteiger partial charge is 0.0834 e. The topological polar surface area (TPSA) is 29.9 Å². The summed E-state index contributed by atoms with van der Waals surface area (Å²) in [5.41, 5.74) is 2.31. The molecular weight excluding hydrogens is 246 g/mol. The molecule has 1 aromatic carbocycles. The van der Waals surface area contributed by atoms with Crippen molar-refractivity contribution in [3.63, 3.8) is 0 Å². The monoisotopic (exact) mass is 263 g/mol. The number of nitrogens with one attached hydrogen (secondary N) is 1. The normalized spacial score (nSPS) is 14.4. The molecule has 0 fully saturated rings. The zero-order chi connectivity index (χ0) is 13.1. The van der Waals surface area contributed by atoms with Crippen LogP contribution in [0.1, 0.15) is 30.1 Å². The van der Waals surface area contributed by atoms with Gasteiger partial charge in [0, 0.05) is 13.0 Å². The van der Waals surface area contributed by atoms with Crippen molar-refractivity contribution < 1.29 is 0 Å². The second-order valence-electron chi connectivity index (χ2n) is 4.47. The lowest BCUT2D eigenvalue weighted by Gasteiger charge is -2.24. The van der Waals surface area contributed by atoms with Gasteiger partial charge in [0.25, 0.3) is 0 Å². The summed E-state index contributed by atoms with van der Waals surface area (Å²) in [5.74, 6) is 0.323. The van der Waals surface area contributed by atoms with E-state index < -0.39 is 0 Å². The van der Waals surface area contributed by atoms with E-state index in [1.807, 2.05) is 24.8 Å². The van der Waals surface area contributed by atoms with Gasteiger partial charge in [0.15, 0.2) is 0 Å². The number of aryl methyl sites for hydroxylation is 1. The third-order valence-corrected chi connectivity index (χ3v) is 3.66. The fourth-order valence-electron chi connectivity index (χ4n) is 2.34. The molecule has 2 rings (SSSR count). The predicted molar refractivity (Wildman–Crippen MR) is 74.9 cm³/mol. The Bertz CT molecular complexity index is 488. The van der Waals surface area contributed by atoms with E-state index in [9.17, 15) is 0 Å². The maximum Gasteiger partial charge on any atom is 0.0834 e. The van der Waals surface area contributed by atoms with Crippen LogP contribution >= 0.6 is 11.6 Å². The summed E-state index contributed by atoms with van der Waals surface area (Å²) in [6.07, 6.45) is 1.69. The van der Waals surface area contributed by atoms with Crippen LogP contribution in [0.2, 0.25) is 5.02 Å². The molecule has 1 N–H and O–H groups in total. The van der Waals surface area contributed by atoms with E-state index in [4.69, 9.17) is 11.6 Å². The van der Waals surface area contributed by atoms with Crippen molar-refractivity contribution in [3.05, 3.63) is 52.8 Å². The van der Waals surface area contributed by atoms with Crippen molar-refractivity contribution >= 4 is 11.6 Å². The molecule has 0 spiro atoms. The number of aromatic nitrogens is 2. The van der Waals surface area contributed by atoms with Gasteiger partial charge in [-0.3, -0.25) is 4.68 Å². The van der Waals surface area contributed by atoms with Crippen molar-refractivity contribution in [3.8, 4) is 0 Å². The Kier molecular flexibility index (Phi) is 4.04. The molecule has 0 saturated carbocycles. The van der Waals surface area contributed by atoms with Crippen LogP contribution in [-0.2, 0) is 7.05 Å². The molecule has 4 heteroatoms. The van der Waals surface area contributed by atoms with Crippen LogP contribution < -0.4 is 5.32 Å². The third kappa shape index (κ3) is 2.42. The molecule has 0 aliphatic carbocycles. The van der Waals surface area contributed by atoms with E-state index in [2.05, 4.69) is 41.6 Å². The van der Waals surface area contributed by atoms with Crippen LogP contribution in [-0.4, -0.2) is 16.8 Å². The van der Waals surface area contributed by atoms with Gasteiger partial charge in [-0.15, -0.1) is 0 Å². The lowest BCUT2D eigenvalue weighted by atomic mass is 9.91. The van der Waals surface area contributed by atoms with Crippen molar-refractivity contribution in [2.24, 2.45) is 7.05 Å². The van der Waals surface area contributed by atoms with E-state index in [1.54, 1.807) is 6.20 Å². The van der Waals surface area contributed by atoms with Gasteiger partial charge in [0.05, 0.1) is 23.0 Å². The number of benzene rings is 1. The fourth-order valence-corrected chi connectivity index (χ4v) is 2.63. The third-order valence-electron chi connectivity index (χ3n) is 3.37. The molecule has 96 valence electrons. The summed E-state index contributed by atoms with van der Waals surface area (Å²) >= 11 is 6.23. The van der Waals surface area contributed by atoms with Crippen LogP contribution in [0, 0.1) is 0 Å². The Morgan fingerprint density at radius 1 is 1.28 bits per heavy atom. The van der Waals surface area contributed by atoms with Gasteiger partial charge < -0.3 is 5.32 Å². The molecular formula is C14H18ClN3. The molecule has 0 saturated heterocycles. The Balaban J connectivity index is 2.35. The first kappa shape index (κ1) is 13.1. The lowest BCUT2D eigenvalue weighted by molar-refractivity contribution is 0.472. The Morgan fingerprint density at radius 2 is 1.94 bits per heavy atom. The zero-order valence-corrected chi connectivity index (χ0v) is 11.6. The van der Waals surface area contributed by atoms with E-state index in [-0.39, 0.29) is 6.04 Å². The quantitative estimate of drug-likeness (QED) is 0.919. The predicted octanol–water partition coefficient (Wildman–Crippen LogP) is 3.14. The molecule has 1 heterocycles. The van der Waals surface area contributed by atoms with Gasteiger partial charge in [0.2, 0.25) is 0 Å². The molecule has 2 unspecified atom stereocenters. The SMILES string of the molecule is CNC(c1c(Cl)cnn1C)C(C)c1ccccc1. The first-order valence-corrected chi connectivity index (χ1v) is 6.42. The highest BCUT2D eigenvalue weighted by Gasteiger charge is 2.24. The molecule has 0 aliphatic rings. The minimum atomic E-state index is 0.146. The van der Waals surface area contributed by atoms with Crippen molar-refractivity contribution in [2.45, 2.75) is 18.9 Å².